The van der Waals surface area contributed by atoms with Gasteiger partial charge in [0, 0.05) is 0 Å². The van der Waals surface area contributed by atoms with Gasteiger partial charge in [0.1, 0.15) is 0 Å². The Kier molecular flexibility index (Phi) is 3.65. The lowest BCUT2D eigenvalue weighted by molar-refractivity contribution is -0.0189. The van der Waals surface area contributed by atoms with Gasteiger partial charge in [-0.25, -0.2) is 0 Å². The second-order valence-corrected chi connectivity index (χ2v) is 5.96. The summed E-state index contributed by atoms with van der Waals surface area (Å²) in [6, 6.07) is 0. The first-order valence-electron chi connectivity index (χ1n) is 6.18. The van der Waals surface area contributed by atoms with Crippen molar-refractivity contribution in [2.75, 3.05) is 0 Å². The van der Waals surface area contributed by atoms with Crippen molar-refractivity contribution in [3.8, 4) is 0 Å². The van der Waals surface area contributed by atoms with Gasteiger partial charge in [0.05, 0.1) is 5.60 Å². The van der Waals surface area contributed by atoms with Crippen LogP contribution in [-0.2, 0) is 0 Å². The Morgan fingerprint density at radius 3 is 2.47 bits per heavy atom. The lowest BCUT2D eigenvalue weighted by atomic mass is 9.71. The molecule has 1 aliphatic carbocycles. The molecule has 0 spiro atoms. The van der Waals surface area contributed by atoms with Gasteiger partial charge in [-0.15, -0.1) is 0 Å². The Morgan fingerprint density at radius 2 is 2.07 bits per heavy atom. The van der Waals surface area contributed by atoms with Crippen LogP contribution in [0.1, 0.15) is 53.9 Å². The number of hydrogen-bond acceptors (Lipinski definition) is 1. The predicted molar refractivity (Wildman–Crippen MR) is 65.7 cm³/mol. The molecule has 1 heteroatoms. The molecule has 0 radical (unpaired) electrons. The van der Waals surface area contributed by atoms with Crippen LogP contribution in [0.4, 0.5) is 0 Å². The summed E-state index contributed by atoms with van der Waals surface area (Å²) in [6.45, 7) is 10.7. The predicted octanol–water partition coefficient (Wildman–Crippen LogP) is 3.78. The SMILES string of the molecule is C/C=C/C(C)(O)[C@]1(C)CC[C@H](C(C)C)C1. The minimum absolute atomic E-state index is 0.0639. The van der Waals surface area contributed by atoms with E-state index < -0.39 is 5.60 Å². The van der Waals surface area contributed by atoms with Crippen molar-refractivity contribution >= 4 is 0 Å². The first-order valence-corrected chi connectivity index (χ1v) is 6.18. The van der Waals surface area contributed by atoms with Gasteiger partial charge in [-0.3, -0.25) is 0 Å². The van der Waals surface area contributed by atoms with Crippen molar-refractivity contribution in [3.63, 3.8) is 0 Å². The van der Waals surface area contributed by atoms with E-state index in [0.717, 1.165) is 24.7 Å². The second kappa shape index (κ2) is 4.29. The molecule has 1 saturated carbocycles. The zero-order chi connectivity index (χ0) is 11.7. The van der Waals surface area contributed by atoms with E-state index in [1.54, 1.807) is 0 Å². The summed E-state index contributed by atoms with van der Waals surface area (Å²) in [7, 11) is 0. The maximum Gasteiger partial charge on any atom is 0.0852 e. The average Bonchev–Trinajstić information content (AvgIpc) is 2.49. The summed E-state index contributed by atoms with van der Waals surface area (Å²) in [4.78, 5) is 0. The van der Waals surface area contributed by atoms with Gasteiger partial charge >= 0.3 is 0 Å². The van der Waals surface area contributed by atoms with Gasteiger partial charge in [0.2, 0.25) is 0 Å². The third-order valence-corrected chi connectivity index (χ3v) is 4.44. The van der Waals surface area contributed by atoms with Gasteiger partial charge in [-0.1, -0.05) is 32.9 Å². The van der Waals surface area contributed by atoms with Crippen LogP contribution in [0.25, 0.3) is 0 Å². The Morgan fingerprint density at radius 1 is 1.47 bits per heavy atom. The van der Waals surface area contributed by atoms with Crippen molar-refractivity contribution in [3.05, 3.63) is 12.2 Å². The number of hydrogen-bond donors (Lipinski definition) is 1. The Labute approximate surface area is 94.6 Å². The summed E-state index contributed by atoms with van der Waals surface area (Å²) < 4.78 is 0. The van der Waals surface area contributed by atoms with Crippen molar-refractivity contribution in [1.82, 2.24) is 0 Å². The minimum Gasteiger partial charge on any atom is -0.386 e. The number of allylic oxidation sites excluding steroid dienone is 1. The molecule has 1 nitrogen and oxygen atoms in total. The van der Waals surface area contributed by atoms with E-state index in [0.29, 0.717) is 0 Å². The highest BCUT2D eigenvalue weighted by Crippen LogP contribution is 2.51. The standard InChI is InChI=1S/C14H26O/c1-6-8-14(5,15)13(4)9-7-12(10-13)11(2)3/h6,8,11-12,15H,7,9-10H2,1-5H3/b8-6+/t12-,13+,14?/m0/s1. The topological polar surface area (TPSA) is 20.2 Å². The van der Waals surface area contributed by atoms with Crippen LogP contribution < -0.4 is 0 Å². The average molecular weight is 210 g/mol. The Hall–Kier alpha value is -0.300. The van der Waals surface area contributed by atoms with Crippen molar-refractivity contribution in [2.45, 2.75) is 59.5 Å². The first kappa shape index (κ1) is 12.8. The molecule has 1 unspecified atom stereocenters. The maximum atomic E-state index is 10.5. The fourth-order valence-electron chi connectivity index (χ4n) is 2.84. The van der Waals surface area contributed by atoms with E-state index in [-0.39, 0.29) is 5.41 Å². The monoisotopic (exact) mass is 210 g/mol. The molecule has 0 aromatic rings. The molecule has 0 aliphatic heterocycles. The van der Waals surface area contributed by atoms with E-state index in [4.69, 9.17) is 0 Å². The van der Waals surface area contributed by atoms with E-state index in [1.165, 1.54) is 6.42 Å². The summed E-state index contributed by atoms with van der Waals surface area (Å²) in [5.41, 5.74) is -0.583. The number of aliphatic hydroxyl groups is 1. The maximum absolute atomic E-state index is 10.5. The number of rotatable bonds is 3. The zero-order valence-corrected chi connectivity index (χ0v) is 10.9. The normalized spacial score (nSPS) is 36.3. The molecule has 1 aliphatic rings. The fraction of sp³-hybridized carbons (Fsp3) is 0.857. The molecular weight excluding hydrogens is 184 g/mol. The van der Waals surface area contributed by atoms with Gasteiger partial charge in [0.15, 0.2) is 0 Å². The summed E-state index contributed by atoms with van der Waals surface area (Å²) in [5, 5.41) is 10.5. The molecular formula is C14H26O. The molecule has 0 bridgehead atoms. The van der Waals surface area contributed by atoms with E-state index in [1.807, 2.05) is 26.0 Å². The van der Waals surface area contributed by atoms with Gasteiger partial charge in [0.25, 0.3) is 0 Å². The molecule has 0 saturated heterocycles. The highest BCUT2D eigenvalue weighted by atomic mass is 16.3. The Balaban J connectivity index is 2.78. The van der Waals surface area contributed by atoms with Crippen molar-refractivity contribution in [1.29, 1.82) is 0 Å². The molecule has 0 aromatic heterocycles. The largest absolute Gasteiger partial charge is 0.386 e. The lowest BCUT2D eigenvalue weighted by Crippen LogP contribution is -2.40. The van der Waals surface area contributed by atoms with Crippen LogP contribution in [-0.4, -0.2) is 10.7 Å². The third kappa shape index (κ3) is 2.44. The highest BCUT2D eigenvalue weighted by molar-refractivity contribution is 5.09. The summed E-state index contributed by atoms with van der Waals surface area (Å²) >= 11 is 0. The smallest absolute Gasteiger partial charge is 0.0852 e. The Bertz CT molecular complexity index is 240. The van der Waals surface area contributed by atoms with Crippen molar-refractivity contribution < 1.29 is 5.11 Å². The van der Waals surface area contributed by atoms with Gasteiger partial charge < -0.3 is 5.11 Å². The van der Waals surface area contributed by atoms with Crippen molar-refractivity contribution in [2.24, 2.45) is 17.3 Å². The van der Waals surface area contributed by atoms with Crippen LogP contribution in [0.2, 0.25) is 0 Å². The van der Waals surface area contributed by atoms with E-state index in [2.05, 4.69) is 20.8 Å². The quantitative estimate of drug-likeness (QED) is 0.703. The molecule has 1 N–H and O–H groups in total. The van der Waals surface area contributed by atoms with Crippen LogP contribution >= 0.6 is 0 Å². The molecule has 15 heavy (non-hydrogen) atoms. The summed E-state index contributed by atoms with van der Waals surface area (Å²) in [5.74, 6) is 1.53. The minimum atomic E-state index is -0.647. The molecule has 1 fully saturated rings. The highest BCUT2D eigenvalue weighted by Gasteiger charge is 2.46. The third-order valence-electron chi connectivity index (χ3n) is 4.44. The van der Waals surface area contributed by atoms with E-state index >= 15 is 0 Å². The molecule has 88 valence electrons. The molecule has 0 amide bonds. The van der Waals surface area contributed by atoms with Crippen LogP contribution in [0.3, 0.4) is 0 Å². The zero-order valence-electron chi connectivity index (χ0n) is 10.9. The van der Waals surface area contributed by atoms with Gasteiger partial charge in [-0.05, 0) is 50.4 Å². The van der Waals surface area contributed by atoms with Crippen LogP contribution in [0.15, 0.2) is 12.2 Å². The second-order valence-electron chi connectivity index (χ2n) is 5.96. The molecule has 1 rings (SSSR count). The fourth-order valence-corrected chi connectivity index (χ4v) is 2.84. The summed E-state index contributed by atoms with van der Waals surface area (Å²) in [6.07, 6.45) is 7.49. The van der Waals surface area contributed by atoms with E-state index in [9.17, 15) is 5.11 Å². The lowest BCUT2D eigenvalue weighted by Gasteiger charge is -2.38. The first-order chi connectivity index (χ1) is 6.82. The van der Waals surface area contributed by atoms with Crippen LogP contribution in [0.5, 0.6) is 0 Å². The molecule has 0 aromatic carbocycles. The van der Waals surface area contributed by atoms with Gasteiger partial charge in [-0.2, -0.15) is 0 Å². The molecule has 0 heterocycles. The van der Waals surface area contributed by atoms with Crippen LogP contribution in [0, 0.1) is 17.3 Å². The molecule has 3 atom stereocenters.